The lowest BCUT2D eigenvalue weighted by Crippen LogP contribution is -2.19. The summed E-state index contributed by atoms with van der Waals surface area (Å²) < 4.78 is 1.72. The molecule has 19 heavy (non-hydrogen) atoms. The van der Waals surface area contributed by atoms with Crippen molar-refractivity contribution < 1.29 is 9.90 Å². The van der Waals surface area contributed by atoms with Crippen LogP contribution in [-0.2, 0) is 0 Å². The van der Waals surface area contributed by atoms with Crippen molar-refractivity contribution in [2.24, 2.45) is 0 Å². The molecule has 1 fully saturated rings. The quantitative estimate of drug-likeness (QED) is 0.865. The molecule has 0 unspecified atom stereocenters. The molecule has 98 valence electrons. The fourth-order valence-electron chi connectivity index (χ4n) is 2.07. The van der Waals surface area contributed by atoms with Gasteiger partial charge in [0.2, 0.25) is 5.43 Å². The number of carboxylic acid groups (broad SMARTS) is 1. The maximum atomic E-state index is 12.1. The van der Waals surface area contributed by atoms with Gasteiger partial charge in [0.05, 0.1) is 10.9 Å². The number of aromatic nitrogens is 2. The molecule has 0 aliphatic heterocycles. The van der Waals surface area contributed by atoms with E-state index in [0.717, 1.165) is 12.8 Å². The highest BCUT2D eigenvalue weighted by molar-refractivity contribution is 6.44. The maximum absolute atomic E-state index is 12.1. The minimum Gasteiger partial charge on any atom is -0.477 e. The zero-order valence-electron chi connectivity index (χ0n) is 9.56. The molecular weight excluding hydrogens is 291 g/mol. The van der Waals surface area contributed by atoms with Crippen molar-refractivity contribution in [2.75, 3.05) is 0 Å². The molecule has 5 nitrogen and oxygen atoms in total. The molecule has 0 atom stereocenters. The second-order valence-corrected chi connectivity index (χ2v) is 5.18. The van der Waals surface area contributed by atoms with E-state index in [2.05, 4.69) is 4.98 Å². The van der Waals surface area contributed by atoms with Crippen LogP contribution in [0.2, 0.25) is 10.2 Å². The number of pyridine rings is 2. The molecule has 7 heteroatoms. The van der Waals surface area contributed by atoms with E-state index in [-0.39, 0.29) is 27.2 Å². The molecule has 1 saturated carbocycles. The fraction of sp³-hybridized carbons (Fsp3) is 0.250. The number of hydrogen-bond donors (Lipinski definition) is 1. The standard InChI is InChI=1S/C12H8Cl2N2O3/c13-8-9-6(3-15-11(8)14)10(17)7(12(18)19)4-16(9)5-1-2-5/h3-5H,1-2H2,(H,18,19). The van der Waals surface area contributed by atoms with Crippen LogP contribution in [0.25, 0.3) is 10.9 Å². The average molecular weight is 299 g/mol. The van der Waals surface area contributed by atoms with Gasteiger partial charge < -0.3 is 9.67 Å². The zero-order chi connectivity index (χ0) is 13.7. The van der Waals surface area contributed by atoms with E-state index >= 15 is 0 Å². The number of aromatic carboxylic acids is 1. The van der Waals surface area contributed by atoms with Gasteiger partial charge in [-0.1, -0.05) is 23.2 Å². The van der Waals surface area contributed by atoms with Gasteiger partial charge in [-0.3, -0.25) is 4.79 Å². The number of carbonyl (C=O) groups is 1. The van der Waals surface area contributed by atoms with Crippen LogP contribution in [0.15, 0.2) is 17.2 Å². The SMILES string of the molecule is O=C(O)c1cn(C2CC2)c2c(Cl)c(Cl)ncc2c1=O. The Morgan fingerprint density at radius 1 is 1.42 bits per heavy atom. The van der Waals surface area contributed by atoms with Crippen LogP contribution < -0.4 is 5.43 Å². The lowest BCUT2D eigenvalue weighted by molar-refractivity contribution is 0.0695. The Balaban J connectivity index is 2.49. The van der Waals surface area contributed by atoms with E-state index in [4.69, 9.17) is 28.3 Å². The van der Waals surface area contributed by atoms with Gasteiger partial charge in [0.15, 0.2) is 0 Å². The highest BCUT2D eigenvalue weighted by Gasteiger charge is 2.28. The first-order chi connectivity index (χ1) is 9.00. The summed E-state index contributed by atoms with van der Waals surface area (Å²) in [5.41, 5.74) is -0.413. The van der Waals surface area contributed by atoms with Gasteiger partial charge in [-0.2, -0.15) is 0 Å². The van der Waals surface area contributed by atoms with E-state index < -0.39 is 11.4 Å². The minimum absolute atomic E-state index is 0.103. The maximum Gasteiger partial charge on any atom is 0.341 e. The molecule has 1 N–H and O–H groups in total. The molecule has 1 aliphatic carbocycles. The summed E-state index contributed by atoms with van der Waals surface area (Å²) in [6, 6.07) is 0.164. The number of fused-ring (bicyclic) bond motifs is 1. The van der Waals surface area contributed by atoms with Crippen LogP contribution in [0.1, 0.15) is 29.2 Å². The van der Waals surface area contributed by atoms with E-state index in [1.165, 1.54) is 12.4 Å². The van der Waals surface area contributed by atoms with E-state index in [0.29, 0.717) is 5.52 Å². The Kier molecular flexibility index (Phi) is 2.76. The van der Waals surface area contributed by atoms with Crippen LogP contribution in [0.5, 0.6) is 0 Å². The van der Waals surface area contributed by atoms with Gasteiger partial charge in [-0.25, -0.2) is 9.78 Å². The topological polar surface area (TPSA) is 72.2 Å². The third-order valence-corrected chi connectivity index (χ3v) is 3.88. The first-order valence-corrected chi connectivity index (χ1v) is 6.38. The van der Waals surface area contributed by atoms with Crippen molar-refractivity contribution in [2.45, 2.75) is 18.9 Å². The monoisotopic (exact) mass is 298 g/mol. The van der Waals surface area contributed by atoms with Crippen LogP contribution in [-0.4, -0.2) is 20.6 Å². The van der Waals surface area contributed by atoms with Gasteiger partial charge in [0, 0.05) is 18.4 Å². The molecule has 0 saturated heterocycles. The predicted molar refractivity (Wildman–Crippen MR) is 71.3 cm³/mol. The molecule has 2 aromatic rings. The molecule has 1 aliphatic rings. The lowest BCUT2D eigenvalue weighted by Gasteiger charge is -2.12. The fourth-order valence-corrected chi connectivity index (χ4v) is 2.46. The Morgan fingerprint density at radius 2 is 2.11 bits per heavy atom. The molecule has 2 aromatic heterocycles. The van der Waals surface area contributed by atoms with Crippen LogP contribution in [0, 0.1) is 0 Å². The van der Waals surface area contributed by atoms with E-state index in [1.807, 2.05) is 0 Å². The van der Waals surface area contributed by atoms with Crippen molar-refractivity contribution in [1.82, 2.24) is 9.55 Å². The Bertz CT molecular complexity index is 766. The summed E-state index contributed by atoms with van der Waals surface area (Å²) in [6.07, 6.45) is 4.46. The van der Waals surface area contributed by atoms with Crippen molar-refractivity contribution in [3.63, 3.8) is 0 Å². The molecule has 0 spiro atoms. The smallest absolute Gasteiger partial charge is 0.341 e. The third kappa shape index (κ3) is 1.89. The average Bonchev–Trinajstić information content (AvgIpc) is 3.18. The number of halogens is 2. The summed E-state index contributed by atoms with van der Waals surface area (Å²) in [5.74, 6) is -1.26. The number of hydrogen-bond acceptors (Lipinski definition) is 3. The minimum atomic E-state index is -1.26. The van der Waals surface area contributed by atoms with Crippen LogP contribution in [0.3, 0.4) is 0 Å². The molecule has 3 rings (SSSR count). The van der Waals surface area contributed by atoms with E-state index in [1.54, 1.807) is 4.57 Å². The molecule has 0 aromatic carbocycles. The summed E-state index contributed by atoms with van der Waals surface area (Å²) in [5, 5.41) is 9.55. The zero-order valence-corrected chi connectivity index (χ0v) is 11.1. The van der Waals surface area contributed by atoms with Gasteiger partial charge in [-0.15, -0.1) is 0 Å². The van der Waals surface area contributed by atoms with Gasteiger partial charge >= 0.3 is 5.97 Å². The highest BCUT2D eigenvalue weighted by Crippen LogP contribution is 2.39. The second kappa shape index (κ2) is 4.21. The largest absolute Gasteiger partial charge is 0.477 e. The molecule has 2 heterocycles. The second-order valence-electron chi connectivity index (χ2n) is 4.44. The highest BCUT2D eigenvalue weighted by atomic mass is 35.5. The number of carboxylic acids is 1. The van der Waals surface area contributed by atoms with Gasteiger partial charge in [-0.05, 0) is 12.8 Å². The van der Waals surface area contributed by atoms with Crippen molar-refractivity contribution >= 4 is 40.1 Å². The molecule has 0 amide bonds. The number of rotatable bonds is 2. The Hall–Kier alpha value is -1.59. The first kappa shape index (κ1) is 12.4. The molecule has 0 bridgehead atoms. The molecular formula is C12H8Cl2N2O3. The lowest BCUT2D eigenvalue weighted by atomic mass is 10.1. The van der Waals surface area contributed by atoms with Crippen molar-refractivity contribution in [3.05, 3.63) is 38.4 Å². The normalized spacial score (nSPS) is 14.8. The molecule has 0 radical (unpaired) electrons. The van der Waals surface area contributed by atoms with Crippen molar-refractivity contribution in [1.29, 1.82) is 0 Å². The predicted octanol–water partition coefficient (Wildman–Crippen LogP) is 2.74. The van der Waals surface area contributed by atoms with Gasteiger partial charge in [0.25, 0.3) is 0 Å². The van der Waals surface area contributed by atoms with Gasteiger partial charge in [0.1, 0.15) is 15.7 Å². The summed E-state index contributed by atoms with van der Waals surface area (Å²) in [7, 11) is 0. The van der Waals surface area contributed by atoms with Crippen molar-refractivity contribution in [3.8, 4) is 0 Å². The van der Waals surface area contributed by atoms with Crippen LogP contribution >= 0.6 is 23.2 Å². The summed E-state index contributed by atoms with van der Waals surface area (Å²) in [4.78, 5) is 27.0. The van der Waals surface area contributed by atoms with Crippen LogP contribution in [0.4, 0.5) is 0 Å². The first-order valence-electron chi connectivity index (χ1n) is 5.63. The number of nitrogens with zero attached hydrogens (tertiary/aromatic N) is 2. The summed E-state index contributed by atoms with van der Waals surface area (Å²) in [6.45, 7) is 0. The Morgan fingerprint density at radius 3 is 2.68 bits per heavy atom. The Labute approximate surface area is 117 Å². The summed E-state index contributed by atoms with van der Waals surface area (Å²) >= 11 is 12.0. The third-order valence-electron chi connectivity index (χ3n) is 3.14. The van der Waals surface area contributed by atoms with E-state index in [9.17, 15) is 9.59 Å².